The largest absolute Gasteiger partial charge is 0.466 e. The molecule has 0 rings (SSSR count). The first-order chi connectivity index (χ1) is 35.5. The van der Waals surface area contributed by atoms with Crippen molar-refractivity contribution in [2.75, 3.05) is 13.2 Å². The Balaban J connectivity index is 3.31. The Morgan fingerprint density at radius 2 is 0.653 bits per heavy atom. The predicted octanol–water partition coefficient (Wildman–Crippen LogP) is 20.6. The summed E-state index contributed by atoms with van der Waals surface area (Å²) in [6.45, 7) is 4.90. The monoisotopic (exact) mass is 1010 g/mol. The van der Waals surface area contributed by atoms with Gasteiger partial charge in [0.15, 0.2) is 0 Å². The topological polar surface area (TPSA) is 95.9 Å². The molecule has 0 fully saturated rings. The molecule has 0 bridgehead atoms. The number of esters is 1. The van der Waals surface area contributed by atoms with Crippen molar-refractivity contribution < 1.29 is 24.5 Å². The van der Waals surface area contributed by atoms with E-state index < -0.39 is 12.1 Å². The maximum Gasteiger partial charge on any atom is 0.305 e. The van der Waals surface area contributed by atoms with Gasteiger partial charge in [0.1, 0.15) is 0 Å². The van der Waals surface area contributed by atoms with Gasteiger partial charge >= 0.3 is 5.97 Å². The Morgan fingerprint density at radius 1 is 0.375 bits per heavy atom. The molecular formula is C66H127NO5. The Hall–Kier alpha value is -1.66. The lowest BCUT2D eigenvalue weighted by molar-refractivity contribution is -0.143. The van der Waals surface area contributed by atoms with Gasteiger partial charge in [0, 0.05) is 12.8 Å². The number of carbonyl (C=O) groups excluding carboxylic acids is 2. The molecule has 0 saturated carbocycles. The number of nitrogens with one attached hydrogen (secondary N) is 1. The van der Waals surface area contributed by atoms with Crippen molar-refractivity contribution in [1.82, 2.24) is 5.32 Å². The first-order valence-corrected chi connectivity index (χ1v) is 32.6. The zero-order chi connectivity index (χ0) is 52.2. The smallest absolute Gasteiger partial charge is 0.305 e. The van der Waals surface area contributed by atoms with Crippen molar-refractivity contribution in [1.29, 1.82) is 0 Å². The van der Waals surface area contributed by atoms with Crippen LogP contribution in [-0.4, -0.2) is 47.4 Å². The van der Waals surface area contributed by atoms with Gasteiger partial charge in [-0.2, -0.15) is 0 Å². The van der Waals surface area contributed by atoms with E-state index in [1.807, 2.05) is 6.08 Å². The first-order valence-electron chi connectivity index (χ1n) is 32.6. The quantitative estimate of drug-likeness (QED) is 0.0320. The standard InChI is InChI=1S/C66H127NO5/c1-3-5-7-9-11-13-14-15-16-17-31-34-37-40-44-48-52-56-60-66(71)72-61-57-53-49-45-41-38-35-32-29-27-25-23-21-19-18-20-22-24-26-28-30-33-36-39-43-47-51-55-59-65(70)67-63(62-68)64(69)58-54-50-46-42-12-10-8-6-4-2/h16-17,54,58,63-64,68-69H,3-15,18-53,55-57,59-62H2,1-2H3,(H,67,70)/b17-16-,58-54+. The number of rotatable bonds is 61. The molecule has 0 aromatic carbocycles. The fourth-order valence-electron chi connectivity index (χ4n) is 10.2. The maximum absolute atomic E-state index is 12.4. The zero-order valence-electron chi connectivity index (χ0n) is 48.7. The van der Waals surface area contributed by atoms with Crippen molar-refractivity contribution >= 4 is 11.9 Å². The number of unbranched alkanes of at least 4 members (excludes halogenated alkanes) is 48. The molecule has 6 nitrogen and oxygen atoms in total. The van der Waals surface area contributed by atoms with Crippen LogP contribution in [-0.2, 0) is 14.3 Å². The van der Waals surface area contributed by atoms with Gasteiger partial charge in [0.25, 0.3) is 0 Å². The van der Waals surface area contributed by atoms with E-state index in [9.17, 15) is 19.8 Å². The summed E-state index contributed by atoms with van der Waals surface area (Å²) in [5.41, 5.74) is 0. The van der Waals surface area contributed by atoms with Gasteiger partial charge in [-0.1, -0.05) is 314 Å². The number of hydrogen-bond acceptors (Lipinski definition) is 5. The van der Waals surface area contributed by atoms with Gasteiger partial charge in [-0.3, -0.25) is 9.59 Å². The fraction of sp³-hybridized carbons (Fsp3) is 0.909. The van der Waals surface area contributed by atoms with E-state index in [0.29, 0.717) is 19.4 Å². The summed E-state index contributed by atoms with van der Waals surface area (Å²) >= 11 is 0. The number of carbonyl (C=O) groups is 2. The Kier molecular flexibility index (Phi) is 60.5. The van der Waals surface area contributed by atoms with Gasteiger partial charge in [-0.15, -0.1) is 0 Å². The number of aliphatic hydroxyl groups is 2. The van der Waals surface area contributed by atoms with Gasteiger partial charge in [-0.05, 0) is 57.8 Å². The summed E-state index contributed by atoms with van der Waals surface area (Å²) in [7, 11) is 0. The summed E-state index contributed by atoms with van der Waals surface area (Å²) in [5.74, 6) is -0.0506. The zero-order valence-corrected chi connectivity index (χ0v) is 48.7. The highest BCUT2D eigenvalue weighted by atomic mass is 16.5. The van der Waals surface area contributed by atoms with Crippen LogP contribution >= 0.6 is 0 Å². The third-order valence-corrected chi connectivity index (χ3v) is 15.2. The number of hydrogen-bond donors (Lipinski definition) is 3. The summed E-state index contributed by atoms with van der Waals surface area (Å²) in [6.07, 6.45) is 76.8. The molecule has 2 unspecified atom stereocenters. The van der Waals surface area contributed by atoms with E-state index in [0.717, 1.165) is 44.9 Å². The van der Waals surface area contributed by atoms with Crippen LogP contribution in [0.1, 0.15) is 361 Å². The van der Waals surface area contributed by atoms with Gasteiger partial charge in [0.2, 0.25) is 5.91 Å². The van der Waals surface area contributed by atoms with E-state index in [1.165, 1.54) is 289 Å². The van der Waals surface area contributed by atoms with Crippen molar-refractivity contribution in [2.24, 2.45) is 0 Å². The highest BCUT2D eigenvalue weighted by molar-refractivity contribution is 5.76. The molecule has 0 radical (unpaired) electrons. The van der Waals surface area contributed by atoms with E-state index in [-0.39, 0.29) is 18.5 Å². The average molecular weight is 1010 g/mol. The maximum atomic E-state index is 12.4. The molecule has 0 spiro atoms. The lowest BCUT2D eigenvalue weighted by atomic mass is 10.0. The molecule has 3 N–H and O–H groups in total. The normalized spacial score (nSPS) is 12.7. The lowest BCUT2D eigenvalue weighted by Gasteiger charge is -2.20. The molecule has 426 valence electrons. The highest BCUT2D eigenvalue weighted by Crippen LogP contribution is 2.18. The van der Waals surface area contributed by atoms with Gasteiger partial charge in [-0.25, -0.2) is 0 Å². The summed E-state index contributed by atoms with van der Waals surface area (Å²) in [4.78, 5) is 24.5. The Bertz CT molecular complexity index is 1120. The summed E-state index contributed by atoms with van der Waals surface area (Å²) in [6, 6.07) is -0.623. The molecule has 1 amide bonds. The second kappa shape index (κ2) is 61.9. The number of allylic oxidation sites excluding steroid dienone is 3. The minimum Gasteiger partial charge on any atom is -0.466 e. The predicted molar refractivity (Wildman–Crippen MR) is 315 cm³/mol. The first kappa shape index (κ1) is 70.3. The van der Waals surface area contributed by atoms with Crippen LogP contribution in [0.5, 0.6) is 0 Å². The molecule has 0 aliphatic carbocycles. The lowest BCUT2D eigenvalue weighted by Crippen LogP contribution is -2.45. The van der Waals surface area contributed by atoms with Crippen molar-refractivity contribution in [3.05, 3.63) is 24.3 Å². The third-order valence-electron chi connectivity index (χ3n) is 15.2. The average Bonchev–Trinajstić information content (AvgIpc) is 3.38. The fourth-order valence-corrected chi connectivity index (χ4v) is 10.2. The number of aliphatic hydroxyl groups excluding tert-OH is 2. The molecule has 6 heteroatoms. The second-order valence-corrected chi connectivity index (χ2v) is 22.5. The molecule has 0 saturated heterocycles. The third kappa shape index (κ3) is 57.6. The molecule has 0 aliphatic heterocycles. The van der Waals surface area contributed by atoms with E-state index in [1.54, 1.807) is 6.08 Å². The van der Waals surface area contributed by atoms with Crippen LogP contribution in [0.3, 0.4) is 0 Å². The Labute approximate surface area is 450 Å². The van der Waals surface area contributed by atoms with Crippen LogP contribution in [0.4, 0.5) is 0 Å². The Morgan fingerprint density at radius 3 is 0.986 bits per heavy atom. The van der Waals surface area contributed by atoms with Crippen LogP contribution in [0.15, 0.2) is 24.3 Å². The van der Waals surface area contributed by atoms with E-state index in [2.05, 4.69) is 31.3 Å². The number of ether oxygens (including phenoxy) is 1. The van der Waals surface area contributed by atoms with Crippen molar-refractivity contribution in [3.8, 4) is 0 Å². The SMILES string of the molecule is CCCCCCCCC/C=C\CCCCCCCCCC(=O)OCCCCCCCCCCCCCCCCCCCCCCCCCCCCCCC(=O)NC(CO)C(O)/C=C/CCCCCCCCC. The minimum absolute atomic E-state index is 0.0158. The molecule has 2 atom stereocenters. The van der Waals surface area contributed by atoms with Crippen molar-refractivity contribution in [3.63, 3.8) is 0 Å². The molecule has 72 heavy (non-hydrogen) atoms. The summed E-state index contributed by atoms with van der Waals surface area (Å²) < 4.78 is 5.50. The molecule has 0 aromatic rings. The highest BCUT2D eigenvalue weighted by Gasteiger charge is 2.18. The summed E-state index contributed by atoms with van der Waals surface area (Å²) in [5, 5.41) is 23.0. The van der Waals surface area contributed by atoms with Crippen LogP contribution in [0.25, 0.3) is 0 Å². The molecule has 0 aliphatic rings. The number of amides is 1. The molecule has 0 heterocycles. The van der Waals surface area contributed by atoms with Crippen LogP contribution in [0, 0.1) is 0 Å². The molecule has 0 aromatic heterocycles. The van der Waals surface area contributed by atoms with Crippen molar-refractivity contribution in [2.45, 2.75) is 373 Å². The second-order valence-electron chi connectivity index (χ2n) is 22.5. The minimum atomic E-state index is -0.839. The van der Waals surface area contributed by atoms with E-state index >= 15 is 0 Å². The van der Waals surface area contributed by atoms with Gasteiger partial charge in [0.05, 0.1) is 25.4 Å². The van der Waals surface area contributed by atoms with Crippen LogP contribution in [0.2, 0.25) is 0 Å². The molecular weight excluding hydrogens is 887 g/mol. The van der Waals surface area contributed by atoms with Crippen LogP contribution < -0.4 is 5.32 Å². The van der Waals surface area contributed by atoms with E-state index in [4.69, 9.17) is 4.74 Å². The van der Waals surface area contributed by atoms with Gasteiger partial charge < -0.3 is 20.3 Å².